The van der Waals surface area contributed by atoms with Gasteiger partial charge in [0.25, 0.3) is 0 Å². The quantitative estimate of drug-likeness (QED) is 0.689. The van der Waals surface area contributed by atoms with E-state index < -0.39 is 0 Å². The average Bonchev–Trinajstić information content (AvgIpc) is 2.76. The molecule has 1 heteroatoms. The molecule has 15 heavy (non-hydrogen) atoms. The Bertz CT molecular complexity index is 278. The van der Waals surface area contributed by atoms with E-state index in [4.69, 9.17) is 5.73 Å². The molecule has 86 valence electrons. The Morgan fingerprint density at radius 2 is 1.40 bits per heavy atom. The molecule has 0 aromatic rings. The van der Waals surface area contributed by atoms with Gasteiger partial charge in [-0.15, -0.1) is 0 Å². The minimum atomic E-state index is -0.0104. The predicted molar refractivity (Wildman–Crippen MR) is 65.6 cm³/mol. The SMILES string of the molecule is C=C(C1C(C)(C)CCC1(C)C)C1(N)CC1. The summed E-state index contributed by atoms with van der Waals surface area (Å²) in [6, 6.07) is 0. The van der Waals surface area contributed by atoms with Crippen LogP contribution in [0.3, 0.4) is 0 Å². The van der Waals surface area contributed by atoms with Gasteiger partial charge in [0.05, 0.1) is 0 Å². The molecule has 0 saturated heterocycles. The minimum Gasteiger partial charge on any atom is -0.322 e. The highest BCUT2D eigenvalue weighted by atomic mass is 14.8. The fourth-order valence-electron chi connectivity index (χ4n) is 3.68. The standard InChI is InChI=1S/C14H25N/c1-10(14(15)8-9-14)11-12(2,3)6-7-13(11,4)5/h11H,1,6-9,15H2,2-5H3. The summed E-state index contributed by atoms with van der Waals surface area (Å²) in [5.41, 5.74) is 8.40. The Morgan fingerprint density at radius 1 is 1.00 bits per heavy atom. The molecule has 2 fully saturated rings. The first-order valence-electron chi connectivity index (χ1n) is 6.17. The van der Waals surface area contributed by atoms with Crippen molar-refractivity contribution in [2.24, 2.45) is 22.5 Å². The van der Waals surface area contributed by atoms with Crippen LogP contribution in [0.5, 0.6) is 0 Å². The van der Waals surface area contributed by atoms with Crippen LogP contribution in [0.1, 0.15) is 53.4 Å². The predicted octanol–water partition coefficient (Wildman–Crippen LogP) is 3.50. The van der Waals surface area contributed by atoms with Gasteiger partial charge in [-0.3, -0.25) is 0 Å². The minimum absolute atomic E-state index is 0.0104. The van der Waals surface area contributed by atoms with Gasteiger partial charge >= 0.3 is 0 Å². The molecule has 0 spiro atoms. The molecule has 2 N–H and O–H groups in total. The van der Waals surface area contributed by atoms with E-state index in [1.165, 1.54) is 18.4 Å². The molecule has 0 aromatic carbocycles. The van der Waals surface area contributed by atoms with Gasteiger partial charge in [0, 0.05) is 5.54 Å². The molecule has 2 saturated carbocycles. The Morgan fingerprint density at radius 3 is 1.73 bits per heavy atom. The summed E-state index contributed by atoms with van der Waals surface area (Å²) in [7, 11) is 0. The van der Waals surface area contributed by atoms with Crippen molar-refractivity contribution < 1.29 is 0 Å². The van der Waals surface area contributed by atoms with E-state index in [0.29, 0.717) is 16.7 Å². The zero-order valence-electron chi connectivity index (χ0n) is 10.7. The highest BCUT2D eigenvalue weighted by Crippen LogP contribution is 2.60. The third-order valence-corrected chi connectivity index (χ3v) is 4.75. The molecule has 0 amide bonds. The molecule has 0 bridgehead atoms. The summed E-state index contributed by atoms with van der Waals surface area (Å²) in [4.78, 5) is 0. The van der Waals surface area contributed by atoms with Crippen molar-refractivity contribution in [2.75, 3.05) is 0 Å². The third-order valence-electron chi connectivity index (χ3n) is 4.75. The lowest BCUT2D eigenvalue weighted by Gasteiger charge is -2.39. The number of rotatable bonds is 2. The average molecular weight is 207 g/mol. The van der Waals surface area contributed by atoms with Gasteiger partial charge in [-0.25, -0.2) is 0 Å². The highest BCUT2D eigenvalue weighted by Gasteiger charge is 2.54. The Balaban J connectivity index is 2.29. The number of hydrogen-bond acceptors (Lipinski definition) is 1. The molecule has 0 atom stereocenters. The fourth-order valence-corrected chi connectivity index (χ4v) is 3.68. The number of nitrogens with two attached hydrogens (primary N) is 1. The molecule has 0 radical (unpaired) electrons. The molecule has 2 rings (SSSR count). The number of hydrogen-bond donors (Lipinski definition) is 1. The van der Waals surface area contributed by atoms with E-state index in [-0.39, 0.29) is 5.54 Å². The summed E-state index contributed by atoms with van der Waals surface area (Å²) in [6.45, 7) is 13.8. The molecule has 1 nitrogen and oxygen atoms in total. The third kappa shape index (κ3) is 1.65. The summed E-state index contributed by atoms with van der Waals surface area (Å²) in [6.07, 6.45) is 4.91. The summed E-state index contributed by atoms with van der Waals surface area (Å²) >= 11 is 0. The van der Waals surface area contributed by atoms with Crippen molar-refractivity contribution in [3.05, 3.63) is 12.2 Å². The van der Waals surface area contributed by atoms with Crippen molar-refractivity contribution in [3.63, 3.8) is 0 Å². The second-order valence-corrected chi connectivity index (χ2v) is 7.09. The van der Waals surface area contributed by atoms with Crippen LogP contribution in [0.15, 0.2) is 12.2 Å². The Hall–Kier alpha value is -0.300. The Kier molecular flexibility index (Phi) is 2.15. The van der Waals surface area contributed by atoms with E-state index in [1.807, 2.05) is 0 Å². The van der Waals surface area contributed by atoms with Crippen molar-refractivity contribution in [1.82, 2.24) is 0 Å². The van der Waals surface area contributed by atoms with Crippen LogP contribution in [0.2, 0.25) is 0 Å². The lowest BCUT2D eigenvalue weighted by Crippen LogP contribution is -2.38. The molecule has 2 aliphatic carbocycles. The summed E-state index contributed by atoms with van der Waals surface area (Å²) < 4.78 is 0. The van der Waals surface area contributed by atoms with Gasteiger partial charge in [-0.05, 0) is 42.4 Å². The van der Waals surface area contributed by atoms with E-state index in [0.717, 1.165) is 12.8 Å². The zero-order chi connectivity index (χ0) is 11.5. The Labute approximate surface area is 94.1 Å². The molecule has 0 heterocycles. The van der Waals surface area contributed by atoms with Gasteiger partial charge in [-0.1, -0.05) is 39.8 Å². The second-order valence-electron chi connectivity index (χ2n) is 7.09. The zero-order valence-corrected chi connectivity index (χ0v) is 10.7. The van der Waals surface area contributed by atoms with E-state index in [1.54, 1.807) is 0 Å². The van der Waals surface area contributed by atoms with Gasteiger partial charge in [0.15, 0.2) is 0 Å². The van der Waals surface area contributed by atoms with Crippen molar-refractivity contribution in [2.45, 2.75) is 58.9 Å². The van der Waals surface area contributed by atoms with Crippen LogP contribution < -0.4 is 5.73 Å². The maximum Gasteiger partial charge on any atom is 0.0370 e. The maximum absolute atomic E-state index is 6.31. The van der Waals surface area contributed by atoms with Gasteiger partial charge in [0.1, 0.15) is 0 Å². The summed E-state index contributed by atoms with van der Waals surface area (Å²) in [5, 5.41) is 0. The fraction of sp³-hybridized carbons (Fsp3) is 0.857. The van der Waals surface area contributed by atoms with Gasteiger partial charge < -0.3 is 5.73 Å². The van der Waals surface area contributed by atoms with E-state index in [9.17, 15) is 0 Å². The van der Waals surface area contributed by atoms with Crippen LogP contribution >= 0.6 is 0 Å². The first-order valence-corrected chi connectivity index (χ1v) is 6.17. The topological polar surface area (TPSA) is 26.0 Å². The first-order chi connectivity index (χ1) is 6.69. The van der Waals surface area contributed by atoms with Crippen molar-refractivity contribution in [3.8, 4) is 0 Å². The lowest BCUT2D eigenvalue weighted by atomic mass is 9.66. The van der Waals surface area contributed by atoms with Gasteiger partial charge in [-0.2, -0.15) is 0 Å². The molecular weight excluding hydrogens is 182 g/mol. The largest absolute Gasteiger partial charge is 0.322 e. The maximum atomic E-state index is 6.31. The van der Waals surface area contributed by atoms with Crippen LogP contribution in [0.4, 0.5) is 0 Å². The molecule has 2 aliphatic rings. The van der Waals surface area contributed by atoms with E-state index in [2.05, 4.69) is 34.3 Å². The normalized spacial score (nSPS) is 31.5. The molecular formula is C14H25N. The van der Waals surface area contributed by atoms with Crippen molar-refractivity contribution in [1.29, 1.82) is 0 Å². The summed E-state index contributed by atoms with van der Waals surface area (Å²) in [5.74, 6) is 0.595. The molecule has 0 aromatic heterocycles. The second kappa shape index (κ2) is 2.88. The lowest BCUT2D eigenvalue weighted by molar-refractivity contribution is 0.187. The van der Waals surface area contributed by atoms with Crippen molar-refractivity contribution >= 4 is 0 Å². The van der Waals surface area contributed by atoms with Crippen LogP contribution in [0, 0.1) is 16.7 Å². The van der Waals surface area contributed by atoms with Crippen LogP contribution in [-0.4, -0.2) is 5.54 Å². The monoisotopic (exact) mass is 207 g/mol. The highest BCUT2D eigenvalue weighted by molar-refractivity contribution is 5.31. The molecule has 0 unspecified atom stereocenters. The van der Waals surface area contributed by atoms with Crippen LogP contribution in [0.25, 0.3) is 0 Å². The molecule has 0 aliphatic heterocycles. The first kappa shape index (κ1) is 11.2. The van der Waals surface area contributed by atoms with Gasteiger partial charge in [0.2, 0.25) is 0 Å². The van der Waals surface area contributed by atoms with E-state index >= 15 is 0 Å². The van der Waals surface area contributed by atoms with Crippen LogP contribution in [-0.2, 0) is 0 Å². The smallest absolute Gasteiger partial charge is 0.0370 e.